The smallest absolute Gasteiger partial charge is 0.154 e. The van der Waals surface area contributed by atoms with E-state index in [1.807, 2.05) is 23.0 Å². The van der Waals surface area contributed by atoms with Gasteiger partial charge in [-0.1, -0.05) is 0 Å². The number of anilines is 1. The van der Waals surface area contributed by atoms with Gasteiger partial charge < -0.3 is 15.0 Å². The molecule has 1 atom stereocenters. The summed E-state index contributed by atoms with van der Waals surface area (Å²) < 4.78 is 7.10. The lowest BCUT2D eigenvalue weighted by atomic mass is 10.2. The zero-order chi connectivity index (χ0) is 13.8. The van der Waals surface area contributed by atoms with Gasteiger partial charge in [0.15, 0.2) is 5.82 Å². The van der Waals surface area contributed by atoms with Gasteiger partial charge in [0.2, 0.25) is 0 Å². The van der Waals surface area contributed by atoms with Crippen LogP contribution in [0.15, 0.2) is 24.7 Å². The summed E-state index contributed by atoms with van der Waals surface area (Å²) in [5.41, 5.74) is 1.04. The zero-order valence-electron chi connectivity index (χ0n) is 11.8. The van der Waals surface area contributed by atoms with Crippen LogP contribution in [0.2, 0.25) is 0 Å². The molecule has 20 heavy (non-hydrogen) atoms. The van der Waals surface area contributed by atoms with E-state index in [4.69, 9.17) is 4.74 Å². The summed E-state index contributed by atoms with van der Waals surface area (Å²) in [6, 6.07) is 2.54. The number of hydrogen-bond donors (Lipinski definition) is 1. The van der Waals surface area contributed by atoms with Crippen LogP contribution in [0.4, 0.5) is 5.82 Å². The lowest BCUT2D eigenvalue weighted by Crippen LogP contribution is -2.39. The monoisotopic (exact) mass is 275 g/mol. The van der Waals surface area contributed by atoms with Gasteiger partial charge in [0.25, 0.3) is 0 Å². The molecule has 6 heteroatoms. The minimum Gasteiger partial charge on any atom is -0.383 e. The number of methoxy groups -OCH3 is 1. The van der Waals surface area contributed by atoms with Crippen LogP contribution in [0.3, 0.4) is 0 Å². The molecule has 2 aromatic heterocycles. The van der Waals surface area contributed by atoms with Crippen LogP contribution in [0.25, 0.3) is 5.52 Å². The molecule has 0 amide bonds. The van der Waals surface area contributed by atoms with Crippen LogP contribution >= 0.6 is 0 Å². The predicted octanol–water partition coefficient (Wildman–Crippen LogP) is 0.934. The van der Waals surface area contributed by atoms with E-state index in [1.165, 1.54) is 12.8 Å². The van der Waals surface area contributed by atoms with Crippen LogP contribution in [-0.2, 0) is 4.74 Å². The second kappa shape index (κ2) is 6.19. The molecule has 0 bridgehead atoms. The summed E-state index contributed by atoms with van der Waals surface area (Å²) in [6.07, 6.45) is 7.97. The molecule has 0 radical (unpaired) electrons. The molecule has 6 nitrogen and oxygen atoms in total. The highest BCUT2D eigenvalue weighted by atomic mass is 16.5. The summed E-state index contributed by atoms with van der Waals surface area (Å²) in [5.74, 6) is 0.982. The van der Waals surface area contributed by atoms with Crippen molar-refractivity contribution in [3.8, 4) is 0 Å². The van der Waals surface area contributed by atoms with Crippen molar-refractivity contribution in [1.82, 2.24) is 19.9 Å². The number of rotatable bonds is 6. The Bertz CT molecular complexity index is 549. The summed E-state index contributed by atoms with van der Waals surface area (Å²) in [7, 11) is 1.73. The summed E-state index contributed by atoms with van der Waals surface area (Å²) >= 11 is 0. The SMILES string of the molecule is COCCN(CC1CCCN1)c1nccn2nccc12. The van der Waals surface area contributed by atoms with Gasteiger partial charge in [0.05, 0.1) is 12.8 Å². The van der Waals surface area contributed by atoms with Crippen molar-refractivity contribution in [2.24, 2.45) is 0 Å². The normalized spacial score (nSPS) is 18.8. The molecule has 0 spiro atoms. The van der Waals surface area contributed by atoms with Gasteiger partial charge in [-0.25, -0.2) is 9.50 Å². The standard InChI is InChI=1S/C14H21N5O/c1-20-10-9-18(11-12-3-2-5-15-12)14-13-4-6-17-19(13)8-7-16-14/h4,6-8,12,15H,2-3,5,9-11H2,1H3. The summed E-state index contributed by atoms with van der Waals surface area (Å²) in [4.78, 5) is 6.85. The van der Waals surface area contributed by atoms with Crippen molar-refractivity contribution in [2.75, 3.05) is 38.3 Å². The first-order valence-corrected chi connectivity index (χ1v) is 7.14. The van der Waals surface area contributed by atoms with E-state index >= 15 is 0 Å². The first kappa shape index (κ1) is 13.3. The molecule has 3 rings (SSSR count). The van der Waals surface area contributed by atoms with E-state index in [0.29, 0.717) is 12.6 Å². The van der Waals surface area contributed by atoms with E-state index in [0.717, 1.165) is 31.0 Å². The van der Waals surface area contributed by atoms with Crippen molar-refractivity contribution >= 4 is 11.3 Å². The molecular formula is C14H21N5O. The Kier molecular flexibility index (Phi) is 4.13. The lowest BCUT2D eigenvalue weighted by molar-refractivity contribution is 0.204. The van der Waals surface area contributed by atoms with Gasteiger partial charge in [0.1, 0.15) is 5.52 Å². The molecule has 1 N–H and O–H groups in total. The third-order valence-corrected chi connectivity index (χ3v) is 3.77. The van der Waals surface area contributed by atoms with Crippen molar-refractivity contribution in [3.05, 3.63) is 24.7 Å². The number of fused-ring (bicyclic) bond motifs is 1. The maximum atomic E-state index is 5.24. The van der Waals surface area contributed by atoms with E-state index in [1.54, 1.807) is 13.3 Å². The molecule has 1 unspecified atom stereocenters. The number of aromatic nitrogens is 3. The van der Waals surface area contributed by atoms with Gasteiger partial charge in [-0.3, -0.25) is 0 Å². The average Bonchev–Trinajstić information content (AvgIpc) is 3.13. The van der Waals surface area contributed by atoms with Crippen molar-refractivity contribution < 1.29 is 4.74 Å². The van der Waals surface area contributed by atoms with Crippen LogP contribution in [-0.4, -0.2) is 54.0 Å². The molecule has 1 saturated heterocycles. The fraction of sp³-hybridized carbons (Fsp3) is 0.571. The van der Waals surface area contributed by atoms with Crippen LogP contribution in [0.1, 0.15) is 12.8 Å². The van der Waals surface area contributed by atoms with Gasteiger partial charge in [0, 0.05) is 38.6 Å². The molecule has 0 aliphatic carbocycles. The second-order valence-corrected chi connectivity index (χ2v) is 5.14. The third-order valence-electron chi connectivity index (χ3n) is 3.77. The Morgan fingerprint density at radius 1 is 1.50 bits per heavy atom. The van der Waals surface area contributed by atoms with Gasteiger partial charge >= 0.3 is 0 Å². The van der Waals surface area contributed by atoms with Crippen LogP contribution in [0, 0.1) is 0 Å². The van der Waals surface area contributed by atoms with Gasteiger partial charge in [-0.2, -0.15) is 5.10 Å². The van der Waals surface area contributed by atoms with Gasteiger partial charge in [-0.15, -0.1) is 0 Å². The van der Waals surface area contributed by atoms with E-state index < -0.39 is 0 Å². The molecule has 3 heterocycles. The Hall–Kier alpha value is -1.66. The molecule has 0 saturated carbocycles. The van der Waals surface area contributed by atoms with Crippen molar-refractivity contribution in [3.63, 3.8) is 0 Å². The van der Waals surface area contributed by atoms with Crippen LogP contribution < -0.4 is 10.2 Å². The average molecular weight is 275 g/mol. The first-order chi connectivity index (χ1) is 9.88. The minimum atomic E-state index is 0.539. The third kappa shape index (κ3) is 2.76. The Morgan fingerprint density at radius 3 is 3.25 bits per heavy atom. The fourth-order valence-corrected chi connectivity index (χ4v) is 2.75. The fourth-order valence-electron chi connectivity index (χ4n) is 2.75. The lowest BCUT2D eigenvalue weighted by Gasteiger charge is -2.27. The maximum Gasteiger partial charge on any atom is 0.154 e. The largest absolute Gasteiger partial charge is 0.383 e. The van der Waals surface area contributed by atoms with E-state index in [9.17, 15) is 0 Å². The van der Waals surface area contributed by atoms with Crippen molar-refractivity contribution in [1.29, 1.82) is 0 Å². The zero-order valence-corrected chi connectivity index (χ0v) is 11.8. The topological polar surface area (TPSA) is 54.7 Å². The summed E-state index contributed by atoms with van der Waals surface area (Å²) in [5, 5.41) is 7.82. The highest BCUT2D eigenvalue weighted by Gasteiger charge is 2.20. The molecule has 1 fully saturated rings. The molecule has 1 aliphatic heterocycles. The Labute approximate surface area is 118 Å². The highest BCUT2D eigenvalue weighted by Crippen LogP contribution is 2.19. The number of hydrogen-bond acceptors (Lipinski definition) is 5. The first-order valence-electron chi connectivity index (χ1n) is 7.14. The quantitative estimate of drug-likeness (QED) is 0.850. The molecule has 2 aromatic rings. The number of nitrogens with one attached hydrogen (secondary N) is 1. The molecule has 108 valence electrons. The molecule has 0 aromatic carbocycles. The predicted molar refractivity (Wildman–Crippen MR) is 78.1 cm³/mol. The van der Waals surface area contributed by atoms with Crippen molar-refractivity contribution in [2.45, 2.75) is 18.9 Å². The summed E-state index contributed by atoms with van der Waals surface area (Å²) in [6.45, 7) is 3.62. The molecular weight excluding hydrogens is 254 g/mol. The van der Waals surface area contributed by atoms with Crippen LogP contribution in [0.5, 0.6) is 0 Å². The van der Waals surface area contributed by atoms with E-state index in [2.05, 4.69) is 20.3 Å². The number of nitrogens with zero attached hydrogens (tertiary/aromatic N) is 4. The number of ether oxygens (including phenoxy) is 1. The Balaban J connectivity index is 1.84. The molecule has 1 aliphatic rings. The Morgan fingerprint density at radius 2 is 2.45 bits per heavy atom. The van der Waals surface area contributed by atoms with E-state index in [-0.39, 0.29) is 0 Å². The maximum absolute atomic E-state index is 5.24. The highest BCUT2D eigenvalue weighted by molar-refractivity contribution is 5.68. The minimum absolute atomic E-state index is 0.539. The van der Waals surface area contributed by atoms with Gasteiger partial charge in [-0.05, 0) is 25.5 Å². The second-order valence-electron chi connectivity index (χ2n) is 5.14.